The highest BCUT2D eigenvalue weighted by molar-refractivity contribution is 7.10. The molecular formula is C17H19N3O4S2. The van der Waals surface area contributed by atoms with Gasteiger partial charge in [0.15, 0.2) is 0 Å². The number of hydrogen-bond acceptors (Lipinski definition) is 6. The number of hydrogen-bond donors (Lipinski definition) is 2. The number of urea groups is 1. The number of thiophene rings is 2. The fraction of sp³-hybridized carbons (Fsp3) is 0.353. The molecule has 2 N–H and O–H groups in total. The molecule has 0 radical (unpaired) electrons. The van der Waals surface area contributed by atoms with Crippen LogP contribution in [0.15, 0.2) is 34.3 Å². The van der Waals surface area contributed by atoms with Crippen molar-refractivity contribution in [3.8, 4) is 0 Å². The van der Waals surface area contributed by atoms with Gasteiger partial charge in [-0.1, -0.05) is 6.07 Å². The maximum Gasteiger partial charge on any atom is 0.324 e. The van der Waals surface area contributed by atoms with E-state index in [-0.39, 0.29) is 13.1 Å². The molecule has 26 heavy (non-hydrogen) atoms. The Morgan fingerprint density at radius 1 is 1.27 bits per heavy atom. The van der Waals surface area contributed by atoms with Crippen molar-refractivity contribution in [3.63, 3.8) is 0 Å². The molecular weight excluding hydrogens is 374 g/mol. The molecule has 0 aliphatic carbocycles. The SMILES string of the molecule is CCN1CCN(C(=O)NC[C@@](O)(c2ccsc2)c2cccs2)C(=O)C1=O. The normalized spacial score (nSPS) is 17.3. The molecule has 0 aromatic carbocycles. The molecule has 0 spiro atoms. The van der Waals surface area contributed by atoms with Crippen molar-refractivity contribution in [1.29, 1.82) is 0 Å². The maximum absolute atomic E-state index is 12.5. The Kier molecular flexibility index (Phi) is 5.40. The standard InChI is InChI=1S/C17H19N3O4S2/c1-2-19-6-7-20(15(22)14(19)21)16(23)18-11-17(24,12-5-9-25-10-12)13-4-3-8-26-13/h3-5,8-10,24H,2,6-7,11H2,1H3,(H,18,23)/t17-/m1/s1. The molecule has 0 saturated carbocycles. The van der Waals surface area contributed by atoms with Gasteiger partial charge in [0.2, 0.25) is 0 Å². The Hall–Kier alpha value is -2.23. The number of nitrogens with zero attached hydrogens (tertiary/aromatic N) is 2. The fourth-order valence-corrected chi connectivity index (χ4v) is 4.38. The van der Waals surface area contributed by atoms with E-state index in [1.54, 1.807) is 19.1 Å². The molecule has 1 aliphatic heterocycles. The molecule has 2 aromatic rings. The smallest absolute Gasteiger partial charge is 0.324 e. The predicted molar refractivity (Wildman–Crippen MR) is 99.0 cm³/mol. The Morgan fingerprint density at radius 2 is 2.08 bits per heavy atom. The van der Waals surface area contributed by atoms with Crippen molar-refractivity contribution in [2.45, 2.75) is 12.5 Å². The van der Waals surface area contributed by atoms with E-state index in [2.05, 4.69) is 5.32 Å². The molecule has 2 aromatic heterocycles. The summed E-state index contributed by atoms with van der Waals surface area (Å²) in [6.07, 6.45) is 0. The van der Waals surface area contributed by atoms with Crippen LogP contribution in [0.2, 0.25) is 0 Å². The molecule has 3 rings (SSSR count). The topological polar surface area (TPSA) is 89.9 Å². The first-order valence-corrected chi connectivity index (χ1v) is 9.97. The summed E-state index contributed by atoms with van der Waals surface area (Å²) in [5.74, 6) is -1.52. The summed E-state index contributed by atoms with van der Waals surface area (Å²) in [5, 5.41) is 19.3. The van der Waals surface area contributed by atoms with E-state index in [1.807, 2.05) is 22.2 Å². The van der Waals surface area contributed by atoms with E-state index in [0.717, 1.165) is 4.90 Å². The van der Waals surface area contributed by atoms with Gasteiger partial charge in [0.05, 0.1) is 6.54 Å². The van der Waals surface area contributed by atoms with Crippen molar-refractivity contribution in [2.75, 3.05) is 26.2 Å². The van der Waals surface area contributed by atoms with Gasteiger partial charge in [-0.25, -0.2) is 4.79 Å². The van der Waals surface area contributed by atoms with Crippen molar-refractivity contribution in [3.05, 3.63) is 44.8 Å². The van der Waals surface area contributed by atoms with Crippen LogP contribution in [0.4, 0.5) is 4.79 Å². The van der Waals surface area contributed by atoms with Crippen LogP contribution in [-0.2, 0) is 15.2 Å². The van der Waals surface area contributed by atoms with Gasteiger partial charge in [0, 0.05) is 30.1 Å². The number of likely N-dealkylation sites (N-methyl/N-ethyl adjacent to an activating group) is 1. The second-order valence-electron chi connectivity index (χ2n) is 5.85. The van der Waals surface area contributed by atoms with Crippen molar-refractivity contribution in [1.82, 2.24) is 15.1 Å². The number of imide groups is 1. The second-order valence-corrected chi connectivity index (χ2v) is 7.58. The number of piperazine rings is 1. The zero-order valence-electron chi connectivity index (χ0n) is 14.2. The summed E-state index contributed by atoms with van der Waals surface area (Å²) in [5.41, 5.74) is -0.717. The van der Waals surface area contributed by atoms with Gasteiger partial charge in [-0.15, -0.1) is 11.3 Å². The molecule has 0 unspecified atom stereocenters. The van der Waals surface area contributed by atoms with Crippen LogP contribution in [0.25, 0.3) is 0 Å². The van der Waals surface area contributed by atoms with Gasteiger partial charge in [-0.3, -0.25) is 14.5 Å². The molecule has 0 bridgehead atoms. The molecule has 9 heteroatoms. The van der Waals surface area contributed by atoms with Crippen LogP contribution in [0.1, 0.15) is 17.4 Å². The number of rotatable bonds is 5. The molecule has 4 amide bonds. The number of carbonyl (C=O) groups is 3. The number of carbonyl (C=O) groups excluding carboxylic acids is 3. The molecule has 7 nitrogen and oxygen atoms in total. The molecule has 1 atom stereocenters. The summed E-state index contributed by atoms with van der Waals surface area (Å²) < 4.78 is 0. The Balaban J connectivity index is 1.73. The minimum absolute atomic E-state index is 0.0987. The summed E-state index contributed by atoms with van der Waals surface area (Å²) in [6.45, 7) is 2.56. The lowest BCUT2D eigenvalue weighted by Crippen LogP contribution is -2.59. The first-order chi connectivity index (χ1) is 12.5. The predicted octanol–water partition coefficient (Wildman–Crippen LogP) is 1.45. The van der Waals surface area contributed by atoms with E-state index in [4.69, 9.17) is 0 Å². The van der Waals surface area contributed by atoms with Crippen molar-refractivity contribution >= 4 is 40.5 Å². The molecule has 3 heterocycles. The molecule has 1 fully saturated rings. The van der Waals surface area contributed by atoms with Gasteiger partial charge in [0.25, 0.3) is 0 Å². The fourth-order valence-electron chi connectivity index (χ4n) is 2.81. The highest BCUT2D eigenvalue weighted by Gasteiger charge is 2.38. The van der Waals surface area contributed by atoms with E-state index < -0.39 is 23.4 Å². The Bertz CT molecular complexity index is 755. The van der Waals surface area contributed by atoms with Gasteiger partial charge >= 0.3 is 17.8 Å². The quantitative estimate of drug-likeness (QED) is 0.753. The van der Waals surface area contributed by atoms with Crippen molar-refractivity contribution in [2.24, 2.45) is 0 Å². The van der Waals surface area contributed by atoms with E-state index in [1.165, 1.54) is 27.6 Å². The molecule has 1 saturated heterocycles. The highest BCUT2D eigenvalue weighted by Crippen LogP contribution is 2.33. The lowest BCUT2D eigenvalue weighted by atomic mass is 9.94. The van der Waals surface area contributed by atoms with Gasteiger partial charge in [-0.05, 0) is 35.2 Å². The van der Waals surface area contributed by atoms with Gasteiger partial charge in [-0.2, -0.15) is 11.3 Å². The Labute approximate surface area is 158 Å². The molecule has 138 valence electrons. The van der Waals surface area contributed by atoms with E-state index >= 15 is 0 Å². The monoisotopic (exact) mass is 393 g/mol. The largest absolute Gasteiger partial charge is 0.378 e. The number of amides is 4. The zero-order chi connectivity index (χ0) is 18.7. The van der Waals surface area contributed by atoms with Crippen LogP contribution in [0.3, 0.4) is 0 Å². The first kappa shape index (κ1) is 18.6. The minimum Gasteiger partial charge on any atom is -0.378 e. The van der Waals surface area contributed by atoms with Crippen LogP contribution < -0.4 is 5.32 Å². The van der Waals surface area contributed by atoms with Crippen LogP contribution in [0.5, 0.6) is 0 Å². The van der Waals surface area contributed by atoms with Crippen LogP contribution >= 0.6 is 22.7 Å². The minimum atomic E-state index is -1.39. The van der Waals surface area contributed by atoms with Gasteiger partial charge in [0.1, 0.15) is 5.60 Å². The van der Waals surface area contributed by atoms with Crippen LogP contribution in [0, 0.1) is 0 Å². The Morgan fingerprint density at radius 3 is 2.69 bits per heavy atom. The van der Waals surface area contributed by atoms with Gasteiger partial charge < -0.3 is 15.3 Å². The third kappa shape index (κ3) is 3.37. The number of aliphatic hydroxyl groups is 1. The number of nitrogens with one attached hydrogen (secondary N) is 1. The van der Waals surface area contributed by atoms with Crippen LogP contribution in [-0.4, -0.2) is 58.9 Å². The third-order valence-corrected chi connectivity index (χ3v) is 6.06. The average molecular weight is 393 g/mol. The lowest BCUT2D eigenvalue weighted by molar-refractivity contribution is -0.153. The first-order valence-electron chi connectivity index (χ1n) is 8.15. The zero-order valence-corrected chi connectivity index (χ0v) is 15.8. The summed E-state index contributed by atoms with van der Waals surface area (Å²) in [7, 11) is 0. The van der Waals surface area contributed by atoms with E-state index in [9.17, 15) is 19.5 Å². The van der Waals surface area contributed by atoms with Crippen molar-refractivity contribution < 1.29 is 19.5 Å². The second kappa shape index (κ2) is 7.56. The summed E-state index contributed by atoms with van der Waals surface area (Å²) in [4.78, 5) is 39.5. The average Bonchev–Trinajstić information content (AvgIpc) is 3.35. The highest BCUT2D eigenvalue weighted by atomic mass is 32.1. The van der Waals surface area contributed by atoms with E-state index in [0.29, 0.717) is 23.5 Å². The maximum atomic E-state index is 12.5. The molecule has 1 aliphatic rings. The third-order valence-electron chi connectivity index (χ3n) is 4.36. The lowest BCUT2D eigenvalue weighted by Gasteiger charge is -2.33. The summed E-state index contributed by atoms with van der Waals surface area (Å²) in [6, 6.07) is 4.74. The summed E-state index contributed by atoms with van der Waals surface area (Å²) >= 11 is 2.83.